The SMILES string of the molecule is COc1ccc(-c2c3ccccc3c(-c3ccnc4ccncc34)c3ccccc23)cc1. The molecule has 0 aliphatic heterocycles. The molecular formula is C29H20N2O. The summed E-state index contributed by atoms with van der Waals surface area (Å²) in [5.41, 5.74) is 5.72. The van der Waals surface area contributed by atoms with E-state index in [1.54, 1.807) is 13.3 Å². The van der Waals surface area contributed by atoms with Gasteiger partial charge in [-0.2, -0.15) is 0 Å². The summed E-state index contributed by atoms with van der Waals surface area (Å²) in [5.74, 6) is 0.856. The maximum atomic E-state index is 5.39. The maximum Gasteiger partial charge on any atom is 0.118 e. The zero-order valence-electron chi connectivity index (χ0n) is 17.6. The lowest BCUT2D eigenvalue weighted by atomic mass is 9.85. The molecule has 0 aliphatic rings. The number of methoxy groups -OCH3 is 1. The fourth-order valence-corrected chi connectivity index (χ4v) is 4.69. The van der Waals surface area contributed by atoms with E-state index in [2.05, 4.69) is 76.7 Å². The van der Waals surface area contributed by atoms with Crippen LogP contribution in [0.4, 0.5) is 0 Å². The number of nitrogens with zero attached hydrogens (tertiary/aromatic N) is 2. The standard InChI is InChI=1S/C29H20N2O/c1-32-20-12-10-19(11-13-20)28-21-6-2-4-8-23(21)29(24-9-5-3-7-22(24)28)25-14-17-31-27-15-16-30-18-26(25)27/h2-18H,1H3. The average molecular weight is 412 g/mol. The highest BCUT2D eigenvalue weighted by molar-refractivity contribution is 6.23. The van der Waals surface area contributed by atoms with Crippen molar-refractivity contribution in [3.05, 3.63) is 104 Å². The Labute approximate surface area is 186 Å². The number of hydrogen-bond acceptors (Lipinski definition) is 3. The Bertz CT molecular complexity index is 1540. The van der Waals surface area contributed by atoms with Gasteiger partial charge in [-0.15, -0.1) is 0 Å². The number of aromatic nitrogens is 2. The molecule has 0 unspecified atom stereocenters. The van der Waals surface area contributed by atoms with E-state index in [0.29, 0.717) is 0 Å². The van der Waals surface area contributed by atoms with E-state index >= 15 is 0 Å². The molecule has 3 nitrogen and oxygen atoms in total. The second kappa shape index (κ2) is 7.47. The molecule has 152 valence electrons. The maximum absolute atomic E-state index is 5.39. The topological polar surface area (TPSA) is 35.0 Å². The monoisotopic (exact) mass is 412 g/mol. The molecule has 0 atom stereocenters. The van der Waals surface area contributed by atoms with Crippen molar-refractivity contribution >= 4 is 32.4 Å². The van der Waals surface area contributed by atoms with Gasteiger partial charge in [0.2, 0.25) is 0 Å². The Morgan fingerprint density at radius 3 is 1.84 bits per heavy atom. The quantitative estimate of drug-likeness (QED) is 0.287. The zero-order valence-corrected chi connectivity index (χ0v) is 17.6. The third kappa shape index (κ3) is 2.83. The summed E-state index contributed by atoms with van der Waals surface area (Å²) in [6.45, 7) is 0. The summed E-state index contributed by atoms with van der Waals surface area (Å²) in [6.07, 6.45) is 5.60. The normalized spacial score (nSPS) is 11.3. The van der Waals surface area contributed by atoms with Crippen molar-refractivity contribution in [2.45, 2.75) is 0 Å². The Morgan fingerprint density at radius 1 is 0.594 bits per heavy atom. The highest BCUT2D eigenvalue weighted by atomic mass is 16.5. The summed E-state index contributed by atoms with van der Waals surface area (Å²) < 4.78 is 5.39. The van der Waals surface area contributed by atoms with Crippen LogP contribution in [-0.4, -0.2) is 17.1 Å². The molecule has 2 aromatic heterocycles. The molecule has 0 saturated heterocycles. The molecule has 3 heteroatoms. The van der Waals surface area contributed by atoms with Crippen LogP contribution in [-0.2, 0) is 0 Å². The Morgan fingerprint density at radius 2 is 1.22 bits per heavy atom. The molecule has 32 heavy (non-hydrogen) atoms. The fraction of sp³-hybridized carbons (Fsp3) is 0.0345. The first-order chi connectivity index (χ1) is 15.8. The highest BCUT2D eigenvalue weighted by Gasteiger charge is 2.17. The van der Waals surface area contributed by atoms with Gasteiger partial charge in [-0.05, 0) is 68.1 Å². The molecule has 6 rings (SSSR count). The Kier molecular flexibility index (Phi) is 4.32. The van der Waals surface area contributed by atoms with Crippen molar-refractivity contribution in [3.8, 4) is 28.0 Å². The molecule has 6 aromatic rings. The van der Waals surface area contributed by atoms with Crippen LogP contribution in [0, 0.1) is 0 Å². The predicted molar refractivity (Wildman–Crippen MR) is 132 cm³/mol. The molecule has 0 aliphatic carbocycles. The first-order valence-corrected chi connectivity index (χ1v) is 10.6. The Balaban J connectivity index is 1.78. The molecule has 0 N–H and O–H groups in total. The minimum Gasteiger partial charge on any atom is -0.497 e. The van der Waals surface area contributed by atoms with E-state index in [4.69, 9.17) is 4.74 Å². The van der Waals surface area contributed by atoms with Crippen LogP contribution in [0.25, 0.3) is 54.7 Å². The van der Waals surface area contributed by atoms with E-state index in [-0.39, 0.29) is 0 Å². The molecular weight excluding hydrogens is 392 g/mol. The summed E-state index contributed by atoms with van der Waals surface area (Å²) >= 11 is 0. The largest absolute Gasteiger partial charge is 0.497 e. The minimum atomic E-state index is 0.856. The predicted octanol–water partition coefficient (Wildman–Crippen LogP) is 7.28. The smallest absolute Gasteiger partial charge is 0.118 e. The summed E-state index contributed by atoms with van der Waals surface area (Å²) in [6, 6.07) is 29.7. The molecule has 0 spiro atoms. The van der Waals surface area contributed by atoms with Crippen molar-refractivity contribution in [3.63, 3.8) is 0 Å². The van der Waals surface area contributed by atoms with Crippen molar-refractivity contribution < 1.29 is 4.74 Å². The van der Waals surface area contributed by atoms with Crippen LogP contribution in [0.2, 0.25) is 0 Å². The zero-order chi connectivity index (χ0) is 21.5. The number of pyridine rings is 2. The van der Waals surface area contributed by atoms with Gasteiger partial charge in [0.15, 0.2) is 0 Å². The van der Waals surface area contributed by atoms with Crippen LogP contribution in [0.1, 0.15) is 0 Å². The Hall–Kier alpha value is -4.24. The van der Waals surface area contributed by atoms with Gasteiger partial charge < -0.3 is 4.74 Å². The van der Waals surface area contributed by atoms with Crippen LogP contribution in [0.15, 0.2) is 104 Å². The van der Waals surface area contributed by atoms with Gasteiger partial charge in [0.05, 0.1) is 12.6 Å². The summed E-state index contributed by atoms with van der Waals surface area (Å²) in [7, 11) is 1.70. The van der Waals surface area contributed by atoms with Crippen molar-refractivity contribution in [1.82, 2.24) is 9.97 Å². The van der Waals surface area contributed by atoms with E-state index in [9.17, 15) is 0 Å². The van der Waals surface area contributed by atoms with Crippen LogP contribution in [0.3, 0.4) is 0 Å². The summed E-state index contributed by atoms with van der Waals surface area (Å²) in [5, 5.41) is 5.93. The van der Waals surface area contributed by atoms with E-state index < -0.39 is 0 Å². The molecule has 2 heterocycles. The minimum absolute atomic E-state index is 0.856. The lowest BCUT2D eigenvalue weighted by Crippen LogP contribution is -1.92. The van der Waals surface area contributed by atoms with Gasteiger partial charge in [-0.1, -0.05) is 60.7 Å². The molecule has 0 bridgehead atoms. The molecule has 0 saturated carbocycles. The van der Waals surface area contributed by atoms with Crippen LogP contribution >= 0.6 is 0 Å². The number of rotatable bonds is 3. The first kappa shape index (κ1) is 18.5. The number of benzene rings is 4. The van der Waals surface area contributed by atoms with Gasteiger partial charge in [0.1, 0.15) is 5.75 Å². The number of hydrogen-bond donors (Lipinski definition) is 0. The van der Waals surface area contributed by atoms with E-state index in [1.165, 1.54) is 38.2 Å². The number of ether oxygens (including phenoxy) is 1. The van der Waals surface area contributed by atoms with Gasteiger partial charge in [0.25, 0.3) is 0 Å². The van der Waals surface area contributed by atoms with Gasteiger partial charge >= 0.3 is 0 Å². The average Bonchev–Trinajstić information content (AvgIpc) is 2.87. The van der Waals surface area contributed by atoms with E-state index in [1.807, 2.05) is 30.6 Å². The third-order valence-corrected chi connectivity index (χ3v) is 6.12. The van der Waals surface area contributed by atoms with Gasteiger partial charge in [-0.3, -0.25) is 9.97 Å². The highest BCUT2D eigenvalue weighted by Crippen LogP contribution is 2.44. The van der Waals surface area contributed by atoms with E-state index in [0.717, 1.165) is 22.2 Å². The van der Waals surface area contributed by atoms with Crippen molar-refractivity contribution in [2.75, 3.05) is 7.11 Å². The van der Waals surface area contributed by atoms with Crippen LogP contribution in [0.5, 0.6) is 5.75 Å². The van der Waals surface area contributed by atoms with Crippen molar-refractivity contribution in [1.29, 1.82) is 0 Å². The second-order valence-electron chi connectivity index (χ2n) is 7.82. The first-order valence-electron chi connectivity index (χ1n) is 10.6. The van der Waals surface area contributed by atoms with Crippen LogP contribution < -0.4 is 4.74 Å². The molecule has 0 amide bonds. The lowest BCUT2D eigenvalue weighted by molar-refractivity contribution is 0.415. The lowest BCUT2D eigenvalue weighted by Gasteiger charge is -2.18. The molecule has 0 radical (unpaired) electrons. The van der Waals surface area contributed by atoms with Crippen molar-refractivity contribution in [2.24, 2.45) is 0 Å². The third-order valence-electron chi connectivity index (χ3n) is 6.12. The number of fused-ring (bicyclic) bond motifs is 3. The fourth-order valence-electron chi connectivity index (χ4n) is 4.69. The molecule has 0 fully saturated rings. The molecule has 4 aromatic carbocycles. The van der Waals surface area contributed by atoms with Gasteiger partial charge in [0, 0.05) is 24.0 Å². The summed E-state index contributed by atoms with van der Waals surface area (Å²) in [4.78, 5) is 8.95. The van der Waals surface area contributed by atoms with Gasteiger partial charge in [-0.25, -0.2) is 0 Å². The second-order valence-corrected chi connectivity index (χ2v) is 7.82.